The smallest absolute Gasteiger partial charge is 0.187 e. The molecule has 2 aliphatic heterocycles. The lowest BCUT2D eigenvalue weighted by Crippen LogP contribution is -2.24. The quantitative estimate of drug-likeness (QED) is 0.649. The molecule has 0 N–H and O–H groups in total. The van der Waals surface area contributed by atoms with Crippen molar-refractivity contribution in [1.82, 2.24) is 0 Å². The minimum Gasteiger partial charge on any atom is -0.342 e. The lowest BCUT2D eigenvalue weighted by molar-refractivity contribution is -0.200. The van der Waals surface area contributed by atoms with Crippen molar-refractivity contribution in [1.29, 1.82) is 0 Å². The van der Waals surface area contributed by atoms with E-state index in [1.54, 1.807) is 6.08 Å². The Kier molecular flexibility index (Phi) is 2.66. The van der Waals surface area contributed by atoms with Gasteiger partial charge in [0.05, 0.1) is 6.10 Å². The molecule has 1 unspecified atom stereocenters. The monoisotopic (exact) mass is 212 g/mol. The summed E-state index contributed by atoms with van der Waals surface area (Å²) in [5.41, 5.74) is 0. The fourth-order valence-electron chi connectivity index (χ4n) is 1.90. The van der Waals surface area contributed by atoms with Crippen LogP contribution in [0.4, 0.5) is 0 Å². The molecule has 4 nitrogen and oxygen atoms in total. The summed E-state index contributed by atoms with van der Waals surface area (Å²) < 4.78 is 16.8. The first kappa shape index (κ1) is 10.8. The molecule has 0 aromatic carbocycles. The van der Waals surface area contributed by atoms with Gasteiger partial charge in [0.25, 0.3) is 0 Å². The number of ether oxygens (including phenoxy) is 3. The van der Waals surface area contributed by atoms with E-state index in [0.29, 0.717) is 0 Å². The second-order valence-electron chi connectivity index (χ2n) is 4.42. The highest BCUT2D eigenvalue weighted by atomic mass is 16.8. The lowest BCUT2D eigenvalue weighted by atomic mass is 10.2. The summed E-state index contributed by atoms with van der Waals surface area (Å²) in [5, 5.41) is 0. The van der Waals surface area contributed by atoms with Crippen LogP contribution in [-0.4, -0.2) is 30.1 Å². The Balaban J connectivity index is 1.91. The van der Waals surface area contributed by atoms with Gasteiger partial charge in [-0.2, -0.15) is 0 Å². The third kappa shape index (κ3) is 2.45. The Hall–Kier alpha value is -0.710. The van der Waals surface area contributed by atoms with Gasteiger partial charge in [0.1, 0.15) is 6.10 Å². The fraction of sp³-hybridized carbons (Fsp3) is 0.727. The summed E-state index contributed by atoms with van der Waals surface area (Å²) in [4.78, 5) is 10.7. The maximum Gasteiger partial charge on any atom is 0.187 e. The van der Waals surface area contributed by atoms with Crippen LogP contribution < -0.4 is 0 Å². The third-order valence-electron chi connectivity index (χ3n) is 2.46. The zero-order valence-corrected chi connectivity index (χ0v) is 9.23. The Labute approximate surface area is 89.2 Å². The van der Waals surface area contributed by atoms with Crippen molar-refractivity contribution in [2.45, 2.75) is 51.5 Å². The molecule has 0 saturated carbocycles. The molecule has 4 heteroatoms. The summed E-state index contributed by atoms with van der Waals surface area (Å²) in [6.45, 7) is 5.26. The average Bonchev–Trinajstić information content (AvgIpc) is 2.53. The number of hydrogen-bond acceptors (Lipinski definition) is 4. The Bertz CT molecular complexity index is 279. The molecular formula is C11H16O4. The van der Waals surface area contributed by atoms with Crippen LogP contribution in [0.1, 0.15) is 27.2 Å². The first-order chi connectivity index (χ1) is 6.96. The standard InChI is InChI=1S/C11H16O4/c1-7(12)4-5-8-6-9-10(13-8)15-11(2,3)14-9/h4-5,8-10H,6H2,1-3H3/t8-,9-,10?/m1/s1. The van der Waals surface area contributed by atoms with E-state index in [1.807, 2.05) is 13.8 Å². The minimum atomic E-state index is -0.551. The second kappa shape index (κ2) is 3.70. The van der Waals surface area contributed by atoms with Gasteiger partial charge in [-0.25, -0.2) is 0 Å². The van der Waals surface area contributed by atoms with Gasteiger partial charge in [-0.1, -0.05) is 6.08 Å². The fourth-order valence-corrected chi connectivity index (χ4v) is 1.90. The van der Waals surface area contributed by atoms with Crippen LogP contribution in [0.5, 0.6) is 0 Å². The van der Waals surface area contributed by atoms with Crippen LogP contribution in [0.15, 0.2) is 12.2 Å². The van der Waals surface area contributed by atoms with E-state index in [-0.39, 0.29) is 24.3 Å². The largest absolute Gasteiger partial charge is 0.342 e. The zero-order valence-electron chi connectivity index (χ0n) is 9.23. The first-order valence-corrected chi connectivity index (χ1v) is 5.16. The van der Waals surface area contributed by atoms with Gasteiger partial charge in [-0.05, 0) is 26.8 Å². The number of allylic oxidation sites excluding steroid dienone is 1. The molecule has 0 spiro atoms. The van der Waals surface area contributed by atoms with Crippen LogP contribution in [0.2, 0.25) is 0 Å². The van der Waals surface area contributed by atoms with Crippen LogP contribution in [0.25, 0.3) is 0 Å². The Morgan fingerprint density at radius 3 is 2.73 bits per heavy atom. The molecule has 0 aliphatic carbocycles. The molecule has 2 heterocycles. The normalized spacial score (nSPS) is 38.5. The molecule has 15 heavy (non-hydrogen) atoms. The average molecular weight is 212 g/mol. The summed E-state index contributed by atoms with van der Waals surface area (Å²) in [6, 6.07) is 0. The molecule has 3 atom stereocenters. The molecule has 0 bridgehead atoms. The molecule has 2 aliphatic rings. The molecule has 0 aromatic heterocycles. The maximum atomic E-state index is 10.7. The number of carbonyl (C=O) groups is 1. The predicted octanol–water partition coefficient (Wildman–Crippen LogP) is 1.40. The van der Waals surface area contributed by atoms with E-state index in [0.717, 1.165) is 6.42 Å². The minimum absolute atomic E-state index is 0.0124. The molecule has 0 aromatic rings. The van der Waals surface area contributed by atoms with Gasteiger partial charge in [0, 0.05) is 6.42 Å². The van der Waals surface area contributed by atoms with Crippen molar-refractivity contribution in [3.05, 3.63) is 12.2 Å². The van der Waals surface area contributed by atoms with E-state index < -0.39 is 5.79 Å². The van der Waals surface area contributed by atoms with Crippen molar-refractivity contribution in [2.75, 3.05) is 0 Å². The van der Waals surface area contributed by atoms with E-state index in [1.165, 1.54) is 13.0 Å². The summed E-state index contributed by atoms with van der Waals surface area (Å²) >= 11 is 0. The lowest BCUT2D eigenvalue weighted by Gasteiger charge is -2.19. The second-order valence-corrected chi connectivity index (χ2v) is 4.42. The van der Waals surface area contributed by atoms with Crippen LogP contribution in [0.3, 0.4) is 0 Å². The van der Waals surface area contributed by atoms with Crippen molar-refractivity contribution < 1.29 is 19.0 Å². The highest BCUT2D eigenvalue weighted by molar-refractivity contribution is 5.87. The summed E-state index contributed by atoms with van der Waals surface area (Å²) in [5.74, 6) is -0.525. The summed E-state index contributed by atoms with van der Waals surface area (Å²) in [6.07, 6.45) is 3.66. The van der Waals surface area contributed by atoms with Crippen LogP contribution in [-0.2, 0) is 19.0 Å². The van der Waals surface area contributed by atoms with Gasteiger partial charge in [0.15, 0.2) is 17.9 Å². The van der Waals surface area contributed by atoms with Gasteiger partial charge >= 0.3 is 0 Å². The molecular weight excluding hydrogens is 196 g/mol. The topological polar surface area (TPSA) is 44.8 Å². The molecule has 2 rings (SSSR count). The van der Waals surface area contributed by atoms with Gasteiger partial charge in [-0.3, -0.25) is 4.79 Å². The number of ketones is 1. The van der Waals surface area contributed by atoms with E-state index in [2.05, 4.69) is 0 Å². The molecule has 84 valence electrons. The van der Waals surface area contributed by atoms with E-state index in [9.17, 15) is 4.79 Å². The third-order valence-corrected chi connectivity index (χ3v) is 2.46. The van der Waals surface area contributed by atoms with E-state index in [4.69, 9.17) is 14.2 Å². The van der Waals surface area contributed by atoms with Gasteiger partial charge in [-0.15, -0.1) is 0 Å². The first-order valence-electron chi connectivity index (χ1n) is 5.16. The zero-order chi connectivity index (χ0) is 11.1. The predicted molar refractivity (Wildman–Crippen MR) is 53.1 cm³/mol. The van der Waals surface area contributed by atoms with Gasteiger partial charge < -0.3 is 14.2 Å². The molecule has 0 amide bonds. The van der Waals surface area contributed by atoms with Crippen molar-refractivity contribution >= 4 is 5.78 Å². The molecule has 2 fully saturated rings. The number of carbonyl (C=O) groups excluding carboxylic acids is 1. The van der Waals surface area contributed by atoms with Crippen molar-refractivity contribution in [2.24, 2.45) is 0 Å². The Morgan fingerprint density at radius 2 is 2.13 bits per heavy atom. The van der Waals surface area contributed by atoms with Crippen molar-refractivity contribution in [3.8, 4) is 0 Å². The van der Waals surface area contributed by atoms with Crippen molar-refractivity contribution in [3.63, 3.8) is 0 Å². The molecule has 0 radical (unpaired) electrons. The maximum absolute atomic E-state index is 10.7. The highest BCUT2D eigenvalue weighted by Crippen LogP contribution is 2.37. The summed E-state index contributed by atoms with van der Waals surface area (Å²) in [7, 11) is 0. The van der Waals surface area contributed by atoms with Crippen LogP contribution >= 0.6 is 0 Å². The van der Waals surface area contributed by atoms with Crippen LogP contribution in [0, 0.1) is 0 Å². The number of rotatable bonds is 2. The highest BCUT2D eigenvalue weighted by Gasteiger charge is 2.47. The van der Waals surface area contributed by atoms with Gasteiger partial charge in [0.2, 0.25) is 0 Å². The SMILES string of the molecule is CC(=O)C=C[C@@H]1C[C@H]2OC(C)(C)OC2O1. The molecule has 2 saturated heterocycles. The number of hydrogen-bond donors (Lipinski definition) is 0. The number of fused-ring (bicyclic) bond motifs is 1. The Morgan fingerprint density at radius 1 is 1.40 bits per heavy atom. The van der Waals surface area contributed by atoms with E-state index >= 15 is 0 Å².